The van der Waals surface area contributed by atoms with Gasteiger partial charge in [-0.3, -0.25) is 9.89 Å². The molecule has 2 heterocycles. The van der Waals surface area contributed by atoms with E-state index in [2.05, 4.69) is 35.0 Å². The maximum Gasteiger partial charge on any atom is 0.225 e. The van der Waals surface area contributed by atoms with E-state index < -0.39 is 0 Å². The fraction of sp³-hybridized carbons (Fsp3) is 0.450. The van der Waals surface area contributed by atoms with E-state index in [-0.39, 0.29) is 24.0 Å². The third-order valence-electron chi connectivity index (χ3n) is 4.82. The van der Waals surface area contributed by atoms with Crippen LogP contribution >= 0.6 is 35.6 Å². The number of guanidine groups is 1. The summed E-state index contributed by atoms with van der Waals surface area (Å²) in [6.45, 7) is 6.56. The molecule has 158 valence electrons. The van der Waals surface area contributed by atoms with Gasteiger partial charge in [-0.05, 0) is 23.8 Å². The molecule has 0 aliphatic carbocycles. The molecule has 29 heavy (non-hydrogen) atoms. The van der Waals surface area contributed by atoms with Crippen molar-refractivity contribution >= 4 is 47.5 Å². The van der Waals surface area contributed by atoms with E-state index in [4.69, 9.17) is 11.6 Å². The zero-order valence-electron chi connectivity index (χ0n) is 17.0. The first-order valence-electron chi connectivity index (χ1n) is 9.56. The average Bonchev–Trinajstić information content (AvgIpc) is 2.74. The van der Waals surface area contributed by atoms with E-state index in [0.29, 0.717) is 0 Å². The second-order valence-electron chi connectivity index (χ2n) is 6.83. The number of hydrogen-bond acceptors (Lipinski definition) is 5. The number of rotatable bonds is 6. The highest BCUT2D eigenvalue weighted by Crippen LogP contribution is 2.11. The van der Waals surface area contributed by atoms with Crippen molar-refractivity contribution in [3.63, 3.8) is 0 Å². The van der Waals surface area contributed by atoms with Crippen LogP contribution in [0.4, 0.5) is 5.95 Å². The fourth-order valence-corrected chi connectivity index (χ4v) is 3.40. The largest absolute Gasteiger partial charge is 0.355 e. The maximum absolute atomic E-state index is 5.96. The van der Waals surface area contributed by atoms with Gasteiger partial charge in [0.2, 0.25) is 5.95 Å². The van der Waals surface area contributed by atoms with Crippen LogP contribution in [0.5, 0.6) is 0 Å². The molecule has 1 aliphatic rings. The molecular formula is C20H29ClIN7. The highest BCUT2D eigenvalue weighted by atomic mass is 127. The third-order valence-corrected chi connectivity index (χ3v) is 5.08. The Labute approximate surface area is 195 Å². The number of aromatic nitrogens is 2. The fourth-order valence-electron chi connectivity index (χ4n) is 3.28. The lowest BCUT2D eigenvalue weighted by molar-refractivity contribution is 0.259. The zero-order chi connectivity index (χ0) is 19.8. The summed E-state index contributed by atoms with van der Waals surface area (Å²) in [7, 11) is 3.86. The molecule has 1 N–H and O–H groups in total. The van der Waals surface area contributed by atoms with Gasteiger partial charge in [-0.1, -0.05) is 23.7 Å². The SMILES string of the molecule is CN=C(NCCN1CCN(c2ncccn2)CC1)N(C)Cc1ccc(Cl)cc1.I. The van der Waals surface area contributed by atoms with Crippen LogP contribution in [0.1, 0.15) is 5.56 Å². The quantitative estimate of drug-likeness (QED) is 0.353. The highest BCUT2D eigenvalue weighted by molar-refractivity contribution is 14.0. The summed E-state index contributed by atoms with van der Waals surface area (Å²) < 4.78 is 0. The van der Waals surface area contributed by atoms with Crippen LogP contribution < -0.4 is 10.2 Å². The molecule has 0 unspecified atom stereocenters. The van der Waals surface area contributed by atoms with E-state index in [0.717, 1.165) is 62.7 Å². The van der Waals surface area contributed by atoms with Crippen molar-refractivity contribution in [2.75, 3.05) is 58.3 Å². The Morgan fingerprint density at radius 2 is 1.79 bits per heavy atom. The number of nitrogens with zero attached hydrogens (tertiary/aromatic N) is 6. The van der Waals surface area contributed by atoms with Crippen LogP contribution in [0.15, 0.2) is 47.7 Å². The van der Waals surface area contributed by atoms with Crippen LogP contribution in [0.25, 0.3) is 0 Å². The van der Waals surface area contributed by atoms with Gasteiger partial charge in [0, 0.05) is 77.3 Å². The Morgan fingerprint density at radius 3 is 2.41 bits per heavy atom. The van der Waals surface area contributed by atoms with E-state index >= 15 is 0 Å². The molecule has 7 nitrogen and oxygen atoms in total. The smallest absolute Gasteiger partial charge is 0.225 e. The number of hydrogen-bond donors (Lipinski definition) is 1. The molecular weight excluding hydrogens is 501 g/mol. The number of aliphatic imine (C=N–C) groups is 1. The van der Waals surface area contributed by atoms with Gasteiger partial charge in [0.15, 0.2) is 5.96 Å². The first-order chi connectivity index (χ1) is 13.7. The summed E-state index contributed by atoms with van der Waals surface area (Å²) in [5, 5.41) is 4.22. The van der Waals surface area contributed by atoms with Crippen molar-refractivity contribution in [3.8, 4) is 0 Å². The Bertz CT molecular complexity index is 749. The lowest BCUT2D eigenvalue weighted by Gasteiger charge is -2.34. The summed E-state index contributed by atoms with van der Waals surface area (Å²) in [6.07, 6.45) is 3.59. The molecule has 9 heteroatoms. The first-order valence-corrected chi connectivity index (χ1v) is 9.94. The molecule has 1 aromatic heterocycles. The summed E-state index contributed by atoms with van der Waals surface area (Å²) in [5.41, 5.74) is 1.20. The second kappa shape index (κ2) is 12.1. The first kappa shape index (κ1) is 23.6. The molecule has 0 radical (unpaired) electrons. The third kappa shape index (κ3) is 7.27. The van der Waals surface area contributed by atoms with Gasteiger partial charge in [0.1, 0.15) is 0 Å². The van der Waals surface area contributed by atoms with Crippen molar-refractivity contribution in [3.05, 3.63) is 53.3 Å². The maximum atomic E-state index is 5.96. The predicted octanol–water partition coefficient (Wildman–Crippen LogP) is 2.58. The van der Waals surface area contributed by atoms with Crippen LogP contribution in [-0.2, 0) is 6.54 Å². The van der Waals surface area contributed by atoms with Gasteiger partial charge in [0.05, 0.1) is 0 Å². The molecule has 1 saturated heterocycles. The Morgan fingerprint density at radius 1 is 1.14 bits per heavy atom. The molecule has 3 rings (SSSR count). The number of piperazine rings is 1. The van der Waals surface area contributed by atoms with Crippen LogP contribution in [0.3, 0.4) is 0 Å². The zero-order valence-corrected chi connectivity index (χ0v) is 20.0. The molecule has 1 aliphatic heterocycles. The Kier molecular flexibility index (Phi) is 9.89. The number of anilines is 1. The minimum atomic E-state index is 0. The standard InChI is InChI=1S/C20H28ClN7.HI/c1-22-19(26(2)16-17-4-6-18(21)7-5-17)25-10-11-27-12-14-28(15-13-27)20-23-8-3-9-24-20;/h3-9H,10-16H2,1-2H3,(H,22,25);1H. The topological polar surface area (TPSA) is 59.9 Å². The van der Waals surface area contributed by atoms with Crippen molar-refractivity contribution in [1.82, 2.24) is 25.1 Å². The molecule has 0 bridgehead atoms. The van der Waals surface area contributed by atoms with Gasteiger partial charge >= 0.3 is 0 Å². The lowest BCUT2D eigenvalue weighted by atomic mass is 10.2. The molecule has 0 atom stereocenters. The summed E-state index contributed by atoms with van der Waals surface area (Å²) >= 11 is 5.96. The minimum absolute atomic E-state index is 0. The number of benzene rings is 1. The molecule has 2 aromatic rings. The molecule has 0 saturated carbocycles. The lowest BCUT2D eigenvalue weighted by Crippen LogP contribution is -2.49. The van der Waals surface area contributed by atoms with E-state index in [1.165, 1.54) is 5.56 Å². The predicted molar refractivity (Wildman–Crippen MR) is 130 cm³/mol. The molecule has 1 aromatic carbocycles. The summed E-state index contributed by atoms with van der Waals surface area (Å²) in [5.74, 6) is 1.72. The summed E-state index contributed by atoms with van der Waals surface area (Å²) in [4.78, 5) is 19.9. The van der Waals surface area contributed by atoms with Crippen LogP contribution in [0.2, 0.25) is 5.02 Å². The van der Waals surface area contributed by atoms with Crippen molar-refractivity contribution in [1.29, 1.82) is 0 Å². The minimum Gasteiger partial charge on any atom is -0.355 e. The van der Waals surface area contributed by atoms with Crippen molar-refractivity contribution < 1.29 is 0 Å². The monoisotopic (exact) mass is 529 g/mol. The van der Waals surface area contributed by atoms with E-state index in [1.807, 2.05) is 44.4 Å². The second-order valence-corrected chi connectivity index (χ2v) is 7.27. The van der Waals surface area contributed by atoms with Crippen molar-refractivity contribution in [2.24, 2.45) is 4.99 Å². The van der Waals surface area contributed by atoms with Gasteiger partial charge in [0.25, 0.3) is 0 Å². The van der Waals surface area contributed by atoms with E-state index in [9.17, 15) is 0 Å². The Balaban J connectivity index is 0.00000300. The van der Waals surface area contributed by atoms with Crippen LogP contribution in [-0.4, -0.2) is 79.1 Å². The molecule has 0 spiro atoms. The van der Waals surface area contributed by atoms with E-state index in [1.54, 1.807) is 12.4 Å². The normalized spacial score (nSPS) is 15.0. The molecule has 0 amide bonds. The number of halogens is 2. The van der Waals surface area contributed by atoms with Gasteiger partial charge in [-0.25, -0.2) is 9.97 Å². The van der Waals surface area contributed by atoms with Crippen molar-refractivity contribution in [2.45, 2.75) is 6.54 Å². The van der Waals surface area contributed by atoms with Crippen LogP contribution in [0, 0.1) is 0 Å². The highest BCUT2D eigenvalue weighted by Gasteiger charge is 2.18. The van der Waals surface area contributed by atoms with Gasteiger partial charge in [-0.15, -0.1) is 24.0 Å². The molecule has 1 fully saturated rings. The summed E-state index contributed by atoms with van der Waals surface area (Å²) in [6, 6.07) is 9.77. The van der Waals surface area contributed by atoms with Gasteiger partial charge in [-0.2, -0.15) is 0 Å². The number of nitrogens with one attached hydrogen (secondary N) is 1. The van der Waals surface area contributed by atoms with Gasteiger partial charge < -0.3 is 15.1 Å². The Hall–Kier alpha value is -1.65. The average molecular weight is 530 g/mol.